The van der Waals surface area contributed by atoms with Gasteiger partial charge >= 0.3 is 0 Å². The number of rotatable bonds is 4. The molecule has 2 saturated carbocycles. The van der Waals surface area contributed by atoms with E-state index in [1.54, 1.807) is 13.8 Å². The van der Waals surface area contributed by atoms with Crippen LogP contribution in [0.25, 0.3) is 0 Å². The number of fused-ring (bicyclic) bond motifs is 8. The minimum Gasteiger partial charge on any atom is -0.407 e. The Morgan fingerprint density at radius 2 is 1.53 bits per heavy atom. The molecule has 0 aromatic heterocycles. The number of carbonyl (C=O) groups excluding carboxylic acids is 2. The molecule has 9 atom stereocenters. The molecule has 0 aromatic rings. The van der Waals surface area contributed by atoms with Crippen LogP contribution in [0.2, 0.25) is 19.6 Å². The van der Waals surface area contributed by atoms with Crippen molar-refractivity contribution in [1.82, 2.24) is 0 Å². The van der Waals surface area contributed by atoms with Crippen LogP contribution in [0.5, 0.6) is 0 Å². The van der Waals surface area contributed by atoms with E-state index in [0.29, 0.717) is 19.8 Å². The Morgan fingerprint density at radius 3 is 2.16 bits per heavy atom. The second-order valence-corrected chi connectivity index (χ2v) is 18.6. The van der Waals surface area contributed by atoms with Crippen LogP contribution in [-0.2, 0) is 42.4 Å². The number of hydrogen-bond acceptors (Lipinski definition) is 9. The Kier molecular flexibility index (Phi) is 5.77. The maximum Gasteiger partial charge on any atom is 0.227 e. The van der Waals surface area contributed by atoms with Crippen LogP contribution in [0.15, 0.2) is 12.2 Å². The van der Waals surface area contributed by atoms with E-state index in [1.165, 1.54) is 0 Å². The summed E-state index contributed by atoms with van der Waals surface area (Å²) in [6.45, 7) is 18.9. The summed E-state index contributed by atoms with van der Waals surface area (Å²) >= 11 is 0. The third-order valence-electron chi connectivity index (χ3n) is 9.66. The zero-order valence-electron chi connectivity index (χ0n) is 24.0. The Bertz CT molecular complexity index is 1070. The summed E-state index contributed by atoms with van der Waals surface area (Å²) in [5.41, 5.74) is -2.96. The molecule has 0 unspecified atom stereocenters. The van der Waals surface area contributed by atoms with Gasteiger partial charge in [-0.05, 0) is 66.4 Å². The lowest BCUT2D eigenvalue weighted by atomic mass is 9.52. The number of ether oxygens (including phenoxy) is 6. The lowest BCUT2D eigenvalue weighted by Crippen LogP contribution is -2.68. The van der Waals surface area contributed by atoms with E-state index in [1.807, 2.05) is 59.5 Å². The Labute approximate surface area is 225 Å². The molecule has 9 nitrogen and oxygen atoms in total. The molecule has 0 N–H and O–H groups in total. The van der Waals surface area contributed by atoms with Gasteiger partial charge in [-0.25, -0.2) is 0 Å². The average molecular weight is 551 g/mol. The second-order valence-electron chi connectivity index (χ2n) is 14.2. The van der Waals surface area contributed by atoms with Crippen LogP contribution in [0.1, 0.15) is 41.5 Å². The predicted octanol–water partition coefficient (Wildman–Crippen LogP) is 3.01. The monoisotopic (exact) mass is 550 g/mol. The van der Waals surface area contributed by atoms with Gasteiger partial charge in [0.25, 0.3) is 0 Å². The lowest BCUT2D eigenvalue weighted by molar-refractivity contribution is -0.312. The zero-order chi connectivity index (χ0) is 27.7. The van der Waals surface area contributed by atoms with Crippen LogP contribution >= 0.6 is 0 Å². The van der Waals surface area contributed by atoms with Crippen molar-refractivity contribution in [2.24, 2.45) is 22.7 Å². The first-order valence-electron chi connectivity index (χ1n) is 13.9. The van der Waals surface area contributed by atoms with Crippen molar-refractivity contribution in [2.45, 2.75) is 109 Å². The highest BCUT2D eigenvalue weighted by Gasteiger charge is 2.81. The van der Waals surface area contributed by atoms with E-state index >= 15 is 0 Å². The number of carbonyl (C=O) groups is 2. The highest BCUT2D eigenvalue weighted by Crippen LogP contribution is 2.68. The first-order chi connectivity index (χ1) is 17.5. The summed E-state index contributed by atoms with van der Waals surface area (Å²) in [7, 11) is -2.25. The molecule has 38 heavy (non-hydrogen) atoms. The zero-order valence-corrected chi connectivity index (χ0v) is 25.0. The van der Waals surface area contributed by atoms with Crippen LogP contribution in [0.4, 0.5) is 0 Å². The first kappa shape index (κ1) is 27.2. The van der Waals surface area contributed by atoms with Gasteiger partial charge in [0.2, 0.25) is 11.6 Å². The SMILES string of the molecule is CC1(C)OC[C@@H]2[C@@H](O1)[C@H]1O[C@H]1[C@]1(C)[C@H]2[C@H]2O[C@@]2(/C=C/C2(C)OCCO2)C(C)(C)C(=O)C(=O)[C@H]1O[Si](C)(C)C. The van der Waals surface area contributed by atoms with Crippen molar-refractivity contribution < 1.29 is 42.4 Å². The van der Waals surface area contributed by atoms with Gasteiger partial charge in [0.05, 0.1) is 43.5 Å². The standard InChI is InChI=1S/C28H42O9Si/c1-24(2)20(30)17(29)22(37-38(7,8)9)27(6)16(15-14-33-25(3,4)35-18(15)19-23(27)34-19)21-28(24,36-21)11-10-26(5)31-12-13-32-26/h10-11,15-16,18-19,21-23H,12-14H2,1-9H3/b11-10+/t15-,16+,18+,19+,21+,22+,23+,27+,28+/m0/s1. The highest BCUT2D eigenvalue weighted by molar-refractivity contribution is 6.70. The van der Waals surface area contributed by atoms with E-state index in [-0.39, 0.29) is 36.3 Å². The van der Waals surface area contributed by atoms with Crippen molar-refractivity contribution >= 4 is 19.9 Å². The predicted molar refractivity (Wildman–Crippen MR) is 138 cm³/mol. The fraction of sp³-hybridized carbons (Fsp3) is 0.857. The molecule has 2 aliphatic carbocycles. The van der Waals surface area contributed by atoms with Gasteiger partial charge in [0.1, 0.15) is 17.8 Å². The molecule has 0 aromatic carbocycles. The molecule has 10 heteroatoms. The summed E-state index contributed by atoms with van der Waals surface area (Å²) in [4.78, 5) is 28.3. The van der Waals surface area contributed by atoms with Gasteiger partial charge in [-0.1, -0.05) is 6.92 Å². The molecule has 212 valence electrons. The molecule has 4 saturated heterocycles. The molecule has 0 amide bonds. The molecule has 0 bridgehead atoms. The van der Waals surface area contributed by atoms with Gasteiger partial charge in [-0.3, -0.25) is 9.59 Å². The normalized spacial score (nSPS) is 48.4. The highest BCUT2D eigenvalue weighted by atomic mass is 28.4. The topological polar surface area (TPSA) is 105 Å². The Hall–Kier alpha value is -0.983. The van der Waals surface area contributed by atoms with Crippen LogP contribution in [0, 0.1) is 22.7 Å². The molecule has 0 spiro atoms. The molecular weight excluding hydrogens is 508 g/mol. The first-order valence-corrected chi connectivity index (χ1v) is 17.3. The van der Waals surface area contributed by atoms with E-state index in [9.17, 15) is 9.59 Å². The van der Waals surface area contributed by atoms with Crippen LogP contribution < -0.4 is 0 Å². The fourth-order valence-corrected chi connectivity index (χ4v) is 8.61. The van der Waals surface area contributed by atoms with Gasteiger partial charge < -0.3 is 32.8 Å². The number of epoxide rings is 2. The summed E-state index contributed by atoms with van der Waals surface area (Å²) in [5.74, 6) is -2.95. The average Bonchev–Trinajstić information content (AvgIpc) is 3.71. The minimum atomic E-state index is -2.25. The smallest absolute Gasteiger partial charge is 0.227 e. The molecule has 0 radical (unpaired) electrons. The van der Waals surface area contributed by atoms with Crippen molar-refractivity contribution in [3.05, 3.63) is 12.2 Å². The van der Waals surface area contributed by atoms with E-state index in [2.05, 4.69) is 0 Å². The molecule has 6 fully saturated rings. The number of ketones is 2. The van der Waals surface area contributed by atoms with Gasteiger partial charge in [-0.15, -0.1) is 0 Å². The van der Waals surface area contributed by atoms with E-state index < -0.39 is 54.0 Å². The van der Waals surface area contributed by atoms with Crippen molar-refractivity contribution in [1.29, 1.82) is 0 Å². The number of hydrogen-bond donors (Lipinski definition) is 0. The fourth-order valence-electron chi connectivity index (χ4n) is 7.54. The lowest BCUT2D eigenvalue weighted by Gasteiger charge is -2.54. The summed E-state index contributed by atoms with van der Waals surface area (Å²) in [6.07, 6.45) is 1.76. The largest absolute Gasteiger partial charge is 0.407 e. The van der Waals surface area contributed by atoms with Gasteiger partial charge in [-0.2, -0.15) is 0 Å². The van der Waals surface area contributed by atoms with Crippen molar-refractivity contribution in [3.8, 4) is 0 Å². The Morgan fingerprint density at radius 1 is 0.868 bits per heavy atom. The van der Waals surface area contributed by atoms with Gasteiger partial charge in [0, 0.05) is 17.3 Å². The third kappa shape index (κ3) is 3.82. The molecule has 6 rings (SSSR count). The molecular formula is C28H42O9Si. The second kappa shape index (κ2) is 8.06. The van der Waals surface area contributed by atoms with Crippen LogP contribution in [-0.4, -0.2) is 87.4 Å². The number of Topliss-reactive ketones (excluding diaryl/α,β-unsaturated/α-hetero) is 2. The third-order valence-corrected chi connectivity index (χ3v) is 10.6. The maximum atomic E-state index is 14.2. The quantitative estimate of drug-likeness (QED) is 0.226. The molecule has 4 heterocycles. The van der Waals surface area contributed by atoms with Crippen molar-refractivity contribution in [2.75, 3.05) is 19.8 Å². The van der Waals surface area contributed by atoms with Gasteiger partial charge in [0.15, 0.2) is 19.9 Å². The van der Waals surface area contributed by atoms with Crippen LogP contribution in [0.3, 0.4) is 0 Å². The summed E-state index contributed by atoms with van der Waals surface area (Å²) < 4.78 is 43.9. The van der Waals surface area contributed by atoms with E-state index in [0.717, 1.165) is 0 Å². The summed E-state index contributed by atoms with van der Waals surface area (Å²) in [5, 5.41) is 0. The molecule has 4 aliphatic heterocycles. The summed E-state index contributed by atoms with van der Waals surface area (Å²) in [6, 6.07) is 0. The van der Waals surface area contributed by atoms with Crippen molar-refractivity contribution in [3.63, 3.8) is 0 Å². The maximum absolute atomic E-state index is 14.2. The minimum absolute atomic E-state index is 0.101. The Balaban J connectivity index is 1.49. The molecule has 6 aliphatic rings. The van der Waals surface area contributed by atoms with E-state index in [4.69, 9.17) is 32.8 Å².